The van der Waals surface area contributed by atoms with Gasteiger partial charge in [0, 0.05) is 46.3 Å². The number of aliphatic hydroxyl groups excluding tert-OH is 1. The number of nitrogens with zero attached hydrogens (tertiary/aromatic N) is 3. The summed E-state index contributed by atoms with van der Waals surface area (Å²) in [5, 5.41) is 14.4. The third kappa shape index (κ3) is 3.56. The third-order valence-corrected chi connectivity index (χ3v) is 5.44. The molecular formula is C20H19ClN4OS. The van der Waals surface area contributed by atoms with E-state index in [1.165, 1.54) is 0 Å². The molecule has 0 saturated carbocycles. The minimum Gasteiger partial charge on any atom is -0.390 e. The molecule has 7 heteroatoms. The van der Waals surface area contributed by atoms with Gasteiger partial charge in [0.1, 0.15) is 5.65 Å². The number of halogens is 1. The zero-order chi connectivity index (χ0) is 19.0. The molecule has 0 aliphatic carbocycles. The maximum atomic E-state index is 9.51. The summed E-state index contributed by atoms with van der Waals surface area (Å²) in [6.07, 6.45) is 5.72. The summed E-state index contributed by atoms with van der Waals surface area (Å²) in [5.41, 5.74) is 4.23. The van der Waals surface area contributed by atoms with Gasteiger partial charge in [0.25, 0.3) is 0 Å². The van der Waals surface area contributed by atoms with Crippen LogP contribution in [-0.2, 0) is 6.61 Å². The molecule has 4 aromatic rings. The van der Waals surface area contributed by atoms with Gasteiger partial charge in [-0.15, -0.1) is 0 Å². The van der Waals surface area contributed by atoms with Gasteiger partial charge in [-0.3, -0.25) is 0 Å². The van der Waals surface area contributed by atoms with Gasteiger partial charge in [0.2, 0.25) is 0 Å². The Kier molecular flexibility index (Phi) is 4.86. The molecule has 0 spiro atoms. The van der Waals surface area contributed by atoms with Crippen molar-refractivity contribution in [3.63, 3.8) is 0 Å². The molecule has 0 bridgehead atoms. The van der Waals surface area contributed by atoms with Crippen LogP contribution in [0.25, 0.3) is 27.2 Å². The zero-order valence-corrected chi connectivity index (χ0v) is 16.6. The van der Waals surface area contributed by atoms with Gasteiger partial charge in [-0.2, -0.15) is 0 Å². The smallest absolute Gasteiger partial charge is 0.183 e. The number of fused-ring (bicyclic) bond motifs is 1. The minimum absolute atomic E-state index is 0.109. The van der Waals surface area contributed by atoms with E-state index in [-0.39, 0.29) is 6.61 Å². The molecule has 138 valence electrons. The van der Waals surface area contributed by atoms with E-state index < -0.39 is 0 Å². The van der Waals surface area contributed by atoms with E-state index in [9.17, 15) is 5.11 Å². The molecule has 27 heavy (non-hydrogen) atoms. The lowest BCUT2D eigenvalue weighted by Crippen LogP contribution is -2.08. The second-order valence-electron chi connectivity index (χ2n) is 6.57. The molecule has 0 amide bonds. The Balaban J connectivity index is 1.90. The summed E-state index contributed by atoms with van der Waals surface area (Å²) >= 11 is 8.06. The van der Waals surface area contributed by atoms with Gasteiger partial charge in [-0.05, 0) is 26.0 Å². The van der Waals surface area contributed by atoms with Crippen molar-refractivity contribution in [3.8, 4) is 21.6 Å². The number of pyridine rings is 1. The van der Waals surface area contributed by atoms with Gasteiger partial charge in [0.15, 0.2) is 5.13 Å². The number of benzene rings is 1. The van der Waals surface area contributed by atoms with E-state index in [1.54, 1.807) is 11.3 Å². The highest BCUT2D eigenvalue weighted by Crippen LogP contribution is 2.36. The summed E-state index contributed by atoms with van der Waals surface area (Å²) in [6.45, 7) is 4.07. The van der Waals surface area contributed by atoms with Gasteiger partial charge >= 0.3 is 0 Å². The Bertz CT molecular complexity index is 1100. The van der Waals surface area contributed by atoms with Gasteiger partial charge in [-0.1, -0.05) is 41.1 Å². The number of aliphatic hydroxyl groups is 1. The topological polar surface area (TPSA) is 62.5 Å². The molecule has 0 atom stereocenters. The first-order chi connectivity index (χ1) is 13.0. The number of anilines is 1. The second-order valence-corrected chi connectivity index (χ2v) is 8.01. The number of imidazole rings is 1. The molecule has 2 N–H and O–H groups in total. The number of rotatable bonds is 5. The SMILES string of the molecule is CC(C)Nc1ncc(-c2cc(-c3ccccc3Cl)c3nc(CO)cn3c2)s1. The molecule has 0 radical (unpaired) electrons. The first-order valence-electron chi connectivity index (χ1n) is 8.65. The Labute approximate surface area is 166 Å². The maximum absolute atomic E-state index is 9.51. The highest BCUT2D eigenvalue weighted by Gasteiger charge is 2.15. The molecule has 3 heterocycles. The fourth-order valence-corrected chi connectivity index (χ4v) is 4.14. The number of aromatic nitrogens is 3. The Morgan fingerprint density at radius 3 is 2.78 bits per heavy atom. The zero-order valence-electron chi connectivity index (χ0n) is 15.0. The van der Waals surface area contributed by atoms with Crippen LogP contribution in [0.15, 0.2) is 48.9 Å². The third-order valence-electron chi connectivity index (χ3n) is 4.13. The van der Waals surface area contributed by atoms with Crippen LogP contribution in [0.5, 0.6) is 0 Å². The number of hydrogen-bond donors (Lipinski definition) is 2. The molecule has 5 nitrogen and oxygen atoms in total. The quantitative estimate of drug-likeness (QED) is 0.491. The van der Waals surface area contributed by atoms with Crippen molar-refractivity contribution in [2.75, 3.05) is 5.32 Å². The van der Waals surface area contributed by atoms with Gasteiger partial charge in [-0.25, -0.2) is 9.97 Å². The van der Waals surface area contributed by atoms with E-state index in [2.05, 4.69) is 35.2 Å². The molecule has 3 aromatic heterocycles. The largest absolute Gasteiger partial charge is 0.390 e. The fraction of sp³-hybridized carbons (Fsp3) is 0.200. The molecular weight excluding hydrogens is 380 g/mol. The number of hydrogen-bond acceptors (Lipinski definition) is 5. The molecule has 4 rings (SSSR count). The lowest BCUT2D eigenvalue weighted by atomic mass is 10.0. The van der Waals surface area contributed by atoms with Crippen LogP contribution in [0.1, 0.15) is 19.5 Å². The van der Waals surface area contributed by atoms with Crippen molar-refractivity contribution in [3.05, 3.63) is 59.6 Å². The monoisotopic (exact) mass is 398 g/mol. The van der Waals surface area contributed by atoms with Crippen molar-refractivity contribution in [2.45, 2.75) is 26.5 Å². The van der Waals surface area contributed by atoms with Crippen molar-refractivity contribution in [1.82, 2.24) is 14.4 Å². The molecule has 0 unspecified atom stereocenters. The van der Waals surface area contributed by atoms with Crippen LogP contribution in [0.3, 0.4) is 0 Å². The van der Waals surface area contributed by atoms with Crippen LogP contribution in [0, 0.1) is 0 Å². The highest BCUT2D eigenvalue weighted by atomic mass is 35.5. The molecule has 0 aliphatic heterocycles. The predicted octanol–water partition coefficient (Wildman–Crippen LogP) is 5.09. The van der Waals surface area contributed by atoms with Crippen molar-refractivity contribution < 1.29 is 5.11 Å². The second kappa shape index (κ2) is 7.31. The van der Waals surface area contributed by atoms with Crippen molar-refractivity contribution >= 4 is 33.7 Å². The van der Waals surface area contributed by atoms with Crippen LogP contribution in [-0.4, -0.2) is 25.5 Å². The Morgan fingerprint density at radius 1 is 1.22 bits per heavy atom. The summed E-state index contributed by atoms with van der Waals surface area (Å²) < 4.78 is 1.94. The summed E-state index contributed by atoms with van der Waals surface area (Å²) in [4.78, 5) is 10.1. The first kappa shape index (κ1) is 18.0. The summed E-state index contributed by atoms with van der Waals surface area (Å²) in [6, 6.07) is 10.1. The van der Waals surface area contributed by atoms with Crippen molar-refractivity contribution in [2.24, 2.45) is 0 Å². The molecule has 0 fully saturated rings. The molecule has 0 aliphatic rings. The van der Waals surface area contributed by atoms with Crippen LogP contribution >= 0.6 is 22.9 Å². The van der Waals surface area contributed by atoms with E-state index in [1.807, 2.05) is 47.3 Å². The fourth-order valence-electron chi connectivity index (χ4n) is 2.96. The normalized spacial score (nSPS) is 11.4. The van der Waals surface area contributed by atoms with E-state index in [4.69, 9.17) is 11.6 Å². The van der Waals surface area contributed by atoms with Crippen LogP contribution in [0.2, 0.25) is 5.02 Å². The minimum atomic E-state index is -0.109. The van der Waals surface area contributed by atoms with E-state index >= 15 is 0 Å². The molecule has 1 aromatic carbocycles. The number of nitrogens with one attached hydrogen (secondary N) is 1. The Morgan fingerprint density at radius 2 is 2.04 bits per heavy atom. The van der Waals surface area contributed by atoms with E-state index in [0.29, 0.717) is 16.8 Å². The van der Waals surface area contributed by atoms with Crippen LogP contribution < -0.4 is 5.32 Å². The Hall–Kier alpha value is -2.41. The lowest BCUT2D eigenvalue weighted by molar-refractivity contribution is 0.277. The highest BCUT2D eigenvalue weighted by molar-refractivity contribution is 7.18. The number of thiazole rings is 1. The average molecular weight is 399 g/mol. The lowest BCUT2D eigenvalue weighted by Gasteiger charge is -2.09. The van der Waals surface area contributed by atoms with Gasteiger partial charge < -0.3 is 14.8 Å². The van der Waals surface area contributed by atoms with E-state index in [0.717, 1.165) is 32.3 Å². The first-order valence-corrected chi connectivity index (χ1v) is 9.84. The van der Waals surface area contributed by atoms with Gasteiger partial charge in [0.05, 0.1) is 17.2 Å². The average Bonchev–Trinajstić information content (AvgIpc) is 3.27. The summed E-state index contributed by atoms with van der Waals surface area (Å²) in [7, 11) is 0. The maximum Gasteiger partial charge on any atom is 0.183 e. The standard InChI is InChI=1S/C20H19ClN4OS/c1-12(2)23-20-22-8-18(27-20)13-7-16(15-5-3-4-6-17(15)21)19-24-14(11-26)10-25(19)9-13/h3-10,12,26H,11H2,1-2H3,(H,22,23). The van der Waals surface area contributed by atoms with Crippen molar-refractivity contribution in [1.29, 1.82) is 0 Å². The predicted molar refractivity (Wildman–Crippen MR) is 111 cm³/mol. The van der Waals surface area contributed by atoms with Crippen LogP contribution in [0.4, 0.5) is 5.13 Å². The molecule has 0 saturated heterocycles. The summed E-state index contributed by atoms with van der Waals surface area (Å²) in [5.74, 6) is 0.